The average Bonchev–Trinajstić information content (AvgIpc) is 3.06. The molecule has 1 aromatic heterocycles. The molecule has 0 atom stereocenters. The van der Waals surface area contributed by atoms with Gasteiger partial charge in [-0.05, 0) is 61.7 Å². The van der Waals surface area contributed by atoms with Crippen LogP contribution < -0.4 is 30.1 Å². The highest BCUT2D eigenvalue weighted by Gasteiger charge is 2.35. The number of urea groups is 1. The van der Waals surface area contributed by atoms with Gasteiger partial charge in [0.05, 0.1) is 30.1 Å². The van der Waals surface area contributed by atoms with E-state index in [1.807, 2.05) is 18.2 Å². The van der Waals surface area contributed by atoms with Crippen molar-refractivity contribution in [1.82, 2.24) is 14.9 Å². The molecule has 0 bridgehead atoms. The van der Waals surface area contributed by atoms with Gasteiger partial charge in [0.25, 0.3) is 0 Å². The molecule has 0 aliphatic carbocycles. The van der Waals surface area contributed by atoms with Crippen LogP contribution >= 0.6 is 11.6 Å². The number of ether oxygens (including phenoxy) is 1. The second-order valence-corrected chi connectivity index (χ2v) is 11.3. The van der Waals surface area contributed by atoms with Crippen molar-refractivity contribution >= 4 is 63.7 Å². The predicted molar refractivity (Wildman–Crippen MR) is 178 cm³/mol. The zero-order valence-corrected chi connectivity index (χ0v) is 26.1. The van der Waals surface area contributed by atoms with Gasteiger partial charge in [0, 0.05) is 61.1 Å². The van der Waals surface area contributed by atoms with Crippen molar-refractivity contribution in [2.75, 3.05) is 65.7 Å². The lowest BCUT2D eigenvalue weighted by molar-refractivity contribution is -0.111. The van der Waals surface area contributed by atoms with E-state index in [9.17, 15) is 14.0 Å². The lowest BCUT2D eigenvalue weighted by Gasteiger charge is -2.36. The number of nitrogens with zero attached hydrogens (tertiary/aromatic N) is 6. The summed E-state index contributed by atoms with van der Waals surface area (Å²) < 4.78 is 19.7. The van der Waals surface area contributed by atoms with Gasteiger partial charge in [-0.2, -0.15) is 4.98 Å². The topological polar surface area (TPSA) is 106 Å². The van der Waals surface area contributed by atoms with Crippen molar-refractivity contribution in [2.24, 2.45) is 0 Å². The summed E-state index contributed by atoms with van der Waals surface area (Å²) in [4.78, 5) is 43.0. The molecule has 0 unspecified atom stereocenters. The van der Waals surface area contributed by atoms with E-state index in [0.29, 0.717) is 39.9 Å². The largest absolute Gasteiger partial charge is 0.494 e. The number of rotatable bonds is 8. The van der Waals surface area contributed by atoms with Crippen LogP contribution in [0.2, 0.25) is 5.02 Å². The highest BCUT2D eigenvalue weighted by atomic mass is 35.5. The van der Waals surface area contributed by atoms with E-state index >= 15 is 0 Å². The predicted octanol–water partition coefficient (Wildman–Crippen LogP) is 6.18. The Morgan fingerprint density at radius 2 is 1.83 bits per heavy atom. The number of methoxy groups -OCH3 is 1. The van der Waals surface area contributed by atoms with Crippen LogP contribution in [0.1, 0.15) is 5.56 Å². The van der Waals surface area contributed by atoms with Gasteiger partial charge in [-0.1, -0.05) is 24.2 Å². The number of halogens is 2. The molecule has 1 saturated heterocycles. The first kappa shape index (κ1) is 30.8. The molecule has 0 saturated carbocycles. The molecule has 3 amide bonds. The molecule has 2 aliphatic rings. The molecule has 13 heteroatoms. The van der Waals surface area contributed by atoms with Crippen LogP contribution in [0, 0.1) is 5.82 Å². The van der Waals surface area contributed by atoms with Gasteiger partial charge in [0.15, 0.2) is 5.82 Å². The Kier molecular flexibility index (Phi) is 8.73. The van der Waals surface area contributed by atoms with Gasteiger partial charge in [0.1, 0.15) is 11.6 Å². The molecular weight excluding hydrogens is 611 g/mol. The zero-order chi connectivity index (χ0) is 32.4. The summed E-state index contributed by atoms with van der Waals surface area (Å²) in [5, 5.41) is 5.86. The fraction of sp³-hybridized carbons (Fsp3) is 0.212. The normalized spacial score (nSPS) is 15.0. The van der Waals surface area contributed by atoms with Gasteiger partial charge >= 0.3 is 6.03 Å². The first-order valence-electron chi connectivity index (χ1n) is 14.6. The number of aromatic nitrogens is 2. The summed E-state index contributed by atoms with van der Waals surface area (Å²) >= 11 is 6.08. The number of carbonyl (C=O) groups is 2. The van der Waals surface area contributed by atoms with Crippen LogP contribution in [-0.4, -0.2) is 67.1 Å². The van der Waals surface area contributed by atoms with Crippen molar-refractivity contribution in [1.29, 1.82) is 0 Å². The fourth-order valence-corrected chi connectivity index (χ4v) is 5.56. The third-order valence-corrected chi connectivity index (χ3v) is 8.17. The van der Waals surface area contributed by atoms with E-state index in [1.165, 1.54) is 28.0 Å². The molecule has 2 aliphatic heterocycles. The number of amides is 3. The molecule has 1 fully saturated rings. The molecule has 0 radical (unpaired) electrons. The Morgan fingerprint density at radius 3 is 2.57 bits per heavy atom. The highest BCUT2D eigenvalue weighted by molar-refractivity contribution is 6.31. The quantitative estimate of drug-likeness (QED) is 0.220. The maximum atomic E-state index is 14.2. The van der Waals surface area contributed by atoms with E-state index in [1.54, 1.807) is 37.6 Å². The van der Waals surface area contributed by atoms with Crippen LogP contribution in [0.4, 0.5) is 49.4 Å². The number of fused-ring (bicyclic) bond motifs is 1. The highest BCUT2D eigenvalue weighted by Crippen LogP contribution is 2.39. The lowest BCUT2D eigenvalue weighted by Crippen LogP contribution is -2.45. The second kappa shape index (κ2) is 13.0. The summed E-state index contributed by atoms with van der Waals surface area (Å²) in [6.07, 6.45) is 2.79. The third kappa shape index (κ3) is 6.30. The first-order valence-corrected chi connectivity index (χ1v) is 15.0. The Morgan fingerprint density at radius 1 is 1.04 bits per heavy atom. The van der Waals surface area contributed by atoms with E-state index in [-0.39, 0.29) is 17.5 Å². The van der Waals surface area contributed by atoms with Crippen molar-refractivity contribution in [3.05, 3.63) is 95.9 Å². The molecular formula is C33H32ClFN8O3. The van der Waals surface area contributed by atoms with Gasteiger partial charge in [-0.25, -0.2) is 19.1 Å². The SMILES string of the molecule is C=CC(=O)Nc1cccc(N2C(=O)N(c3ccc(F)c(Cl)c3)Cc3cnc(Nc4ccc(N5CCN(C)CC5)cc4OC)nc32)c1. The van der Waals surface area contributed by atoms with Crippen LogP contribution in [0.3, 0.4) is 0 Å². The number of hydrogen-bond donors (Lipinski definition) is 2. The smallest absolute Gasteiger partial charge is 0.335 e. The average molecular weight is 643 g/mol. The zero-order valence-electron chi connectivity index (χ0n) is 25.3. The van der Waals surface area contributed by atoms with Gasteiger partial charge in [-0.3, -0.25) is 9.69 Å². The second-order valence-electron chi connectivity index (χ2n) is 10.9. The Bertz CT molecular complexity index is 1810. The Hall–Kier alpha value is -5.20. The number of benzene rings is 3. The molecule has 46 heavy (non-hydrogen) atoms. The monoisotopic (exact) mass is 642 g/mol. The molecule has 236 valence electrons. The summed E-state index contributed by atoms with van der Waals surface area (Å²) in [6.45, 7) is 7.42. The van der Waals surface area contributed by atoms with Crippen molar-refractivity contribution < 1.29 is 18.7 Å². The standard InChI is InChI=1S/C33H32ClFN8O3/c1-4-30(44)37-22-6-5-7-25(16-22)43-31-21(20-42(33(43)45)24-8-10-27(35)26(34)17-24)19-36-32(39-31)38-28-11-9-23(18-29(28)46-3)41-14-12-40(2)13-15-41/h4-11,16-19H,1,12-15,20H2,2-3H3,(H,37,44)(H,36,38,39). The fourth-order valence-electron chi connectivity index (χ4n) is 5.38. The number of hydrogen-bond acceptors (Lipinski definition) is 8. The summed E-state index contributed by atoms with van der Waals surface area (Å²) in [7, 11) is 3.72. The minimum absolute atomic E-state index is 0.111. The van der Waals surface area contributed by atoms with Crippen molar-refractivity contribution in [2.45, 2.75) is 6.54 Å². The van der Waals surface area contributed by atoms with E-state index in [2.05, 4.69) is 39.0 Å². The molecule has 11 nitrogen and oxygen atoms in total. The maximum absolute atomic E-state index is 14.2. The first-order chi connectivity index (χ1) is 22.2. The number of piperazine rings is 1. The lowest BCUT2D eigenvalue weighted by atomic mass is 10.1. The summed E-state index contributed by atoms with van der Waals surface area (Å²) in [5.74, 6) is 0.217. The number of carbonyl (C=O) groups excluding carboxylic acids is 2. The van der Waals surface area contributed by atoms with Crippen LogP contribution in [0.5, 0.6) is 5.75 Å². The van der Waals surface area contributed by atoms with Crippen LogP contribution in [0.15, 0.2) is 79.5 Å². The van der Waals surface area contributed by atoms with E-state index in [0.717, 1.165) is 37.9 Å². The summed E-state index contributed by atoms with van der Waals surface area (Å²) in [6, 6.07) is 16.3. The van der Waals surface area contributed by atoms with Crippen LogP contribution in [0.25, 0.3) is 0 Å². The van der Waals surface area contributed by atoms with Gasteiger partial charge in [0.2, 0.25) is 11.9 Å². The van der Waals surface area contributed by atoms with Gasteiger partial charge < -0.3 is 25.2 Å². The van der Waals surface area contributed by atoms with E-state index < -0.39 is 17.8 Å². The molecule has 3 heterocycles. The minimum Gasteiger partial charge on any atom is -0.494 e. The van der Waals surface area contributed by atoms with E-state index in [4.69, 9.17) is 21.3 Å². The summed E-state index contributed by atoms with van der Waals surface area (Å²) in [5.41, 5.74) is 3.63. The molecule has 4 aromatic rings. The number of nitrogens with one attached hydrogen (secondary N) is 2. The third-order valence-electron chi connectivity index (χ3n) is 7.88. The Labute approximate surface area is 270 Å². The molecule has 0 spiro atoms. The molecule has 2 N–H and O–H groups in total. The number of anilines is 7. The number of likely N-dealkylation sites (N-methyl/N-ethyl adjacent to an activating group) is 1. The van der Waals surface area contributed by atoms with Gasteiger partial charge in [-0.15, -0.1) is 0 Å². The maximum Gasteiger partial charge on any atom is 0.335 e. The Balaban J connectivity index is 1.36. The molecule has 6 rings (SSSR count). The molecule has 3 aromatic carbocycles. The van der Waals surface area contributed by atoms with Crippen molar-refractivity contribution in [3.8, 4) is 5.75 Å². The van der Waals surface area contributed by atoms with Crippen LogP contribution in [-0.2, 0) is 11.3 Å². The minimum atomic E-state index is -0.594. The van der Waals surface area contributed by atoms with Crippen molar-refractivity contribution in [3.63, 3.8) is 0 Å².